The van der Waals surface area contributed by atoms with E-state index in [9.17, 15) is 13.4 Å². The molecular formula is C23H30FN5O2S. The summed E-state index contributed by atoms with van der Waals surface area (Å²) < 4.78 is 37.2. The Kier molecular flexibility index (Phi) is 7.06. The fourth-order valence-corrected chi connectivity index (χ4v) is 6.48. The zero-order valence-electron chi connectivity index (χ0n) is 19.1. The molecule has 2 atom stereocenters. The van der Waals surface area contributed by atoms with E-state index >= 15 is 0 Å². The Bertz CT molecular complexity index is 1190. The molecule has 172 valence electrons. The number of fused-ring (bicyclic) bond motifs is 1. The van der Waals surface area contributed by atoms with E-state index in [1.807, 2.05) is 13.8 Å². The number of rotatable bonds is 5. The van der Waals surface area contributed by atoms with Crippen molar-refractivity contribution in [2.75, 3.05) is 5.32 Å². The van der Waals surface area contributed by atoms with Gasteiger partial charge in [-0.15, -0.1) is 0 Å². The van der Waals surface area contributed by atoms with Crippen LogP contribution in [0.25, 0.3) is 0 Å². The maximum Gasteiger partial charge on any atom is 0.272 e. The van der Waals surface area contributed by atoms with Crippen molar-refractivity contribution >= 4 is 21.5 Å². The summed E-state index contributed by atoms with van der Waals surface area (Å²) in [7, 11) is -1.19. The van der Waals surface area contributed by atoms with Crippen molar-refractivity contribution in [3.63, 3.8) is 0 Å². The van der Waals surface area contributed by atoms with Crippen LogP contribution in [0.5, 0.6) is 0 Å². The van der Waals surface area contributed by atoms with Gasteiger partial charge in [0.25, 0.3) is 5.91 Å². The van der Waals surface area contributed by atoms with E-state index in [0.29, 0.717) is 34.2 Å². The monoisotopic (exact) mass is 459 g/mol. The third kappa shape index (κ3) is 5.03. The molecule has 2 heterocycles. The number of nitriles is 1. The molecule has 1 amide bonds. The van der Waals surface area contributed by atoms with E-state index in [-0.39, 0.29) is 17.6 Å². The summed E-state index contributed by atoms with van der Waals surface area (Å²) in [5.74, 6) is -0.622. The highest BCUT2D eigenvalue weighted by molar-refractivity contribution is 7.91. The third-order valence-electron chi connectivity index (χ3n) is 5.29. The van der Waals surface area contributed by atoms with Crippen molar-refractivity contribution in [1.29, 1.82) is 5.26 Å². The Morgan fingerprint density at radius 1 is 1.41 bits per heavy atom. The first-order valence-electron chi connectivity index (χ1n) is 10.8. The van der Waals surface area contributed by atoms with Crippen molar-refractivity contribution in [3.05, 3.63) is 47.0 Å². The summed E-state index contributed by atoms with van der Waals surface area (Å²) in [5, 5.41) is 11.8. The molecule has 1 aromatic carbocycles. The number of anilines is 1. The number of carbonyl (C=O) groups is 1. The van der Waals surface area contributed by atoms with Crippen molar-refractivity contribution in [1.82, 2.24) is 9.29 Å². The highest BCUT2D eigenvalue weighted by atomic mass is 32.2. The number of amides is 1. The molecule has 1 unspecified atom stereocenters. The molecule has 1 aliphatic heterocycles. The minimum atomic E-state index is -2.92. The SMILES string of the molecule is CC(C)C[C@H]1CCc2c(cn(C)c2C(=O)Nc2ccc(F)c(C#N)c2)S(=O)(=NC(C)C)N1. The molecule has 0 saturated carbocycles. The molecule has 9 heteroatoms. The second kappa shape index (κ2) is 9.43. The highest BCUT2D eigenvalue weighted by Gasteiger charge is 2.32. The molecular weight excluding hydrogens is 429 g/mol. The number of nitrogens with one attached hydrogen (secondary N) is 2. The van der Waals surface area contributed by atoms with Gasteiger partial charge in [-0.2, -0.15) is 5.26 Å². The molecule has 7 nitrogen and oxygen atoms in total. The molecule has 32 heavy (non-hydrogen) atoms. The number of nitrogens with zero attached hydrogens (tertiary/aromatic N) is 3. The lowest BCUT2D eigenvalue weighted by molar-refractivity contribution is 0.101. The van der Waals surface area contributed by atoms with Crippen molar-refractivity contribution in [3.8, 4) is 6.07 Å². The Labute approximate surface area is 189 Å². The maximum atomic E-state index is 14.0. The lowest BCUT2D eigenvalue weighted by atomic mass is 9.98. The molecule has 0 aliphatic carbocycles. The van der Waals surface area contributed by atoms with Gasteiger partial charge in [-0.25, -0.2) is 17.7 Å². The number of aryl methyl sites for hydroxylation is 1. The van der Waals surface area contributed by atoms with Gasteiger partial charge in [-0.3, -0.25) is 4.79 Å². The van der Waals surface area contributed by atoms with Crippen LogP contribution in [0, 0.1) is 23.1 Å². The van der Waals surface area contributed by atoms with Gasteiger partial charge in [-0.05, 0) is 57.2 Å². The number of halogens is 1. The van der Waals surface area contributed by atoms with Crippen LogP contribution in [0.1, 0.15) is 62.2 Å². The van der Waals surface area contributed by atoms with Gasteiger partial charge < -0.3 is 9.88 Å². The number of carbonyl (C=O) groups excluding carboxylic acids is 1. The average Bonchev–Trinajstić information content (AvgIpc) is 2.97. The molecule has 0 spiro atoms. The first kappa shape index (κ1) is 24.0. The van der Waals surface area contributed by atoms with E-state index in [0.717, 1.165) is 18.9 Å². The normalized spacial score (nSPS) is 20.5. The molecule has 1 aromatic heterocycles. The van der Waals surface area contributed by atoms with Gasteiger partial charge in [0.2, 0.25) is 0 Å². The minimum Gasteiger partial charge on any atom is -0.345 e. The van der Waals surface area contributed by atoms with Gasteiger partial charge in [0.05, 0.1) is 16.5 Å². The van der Waals surface area contributed by atoms with Crippen LogP contribution < -0.4 is 10.0 Å². The van der Waals surface area contributed by atoms with E-state index in [1.54, 1.807) is 23.9 Å². The smallest absolute Gasteiger partial charge is 0.272 e. The van der Waals surface area contributed by atoms with Crippen LogP contribution in [-0.2, 0) is 23.4 Å². The largest absolute Gasteiger partial charge is 0.345 e. The molecule has 0 bridgehead atoms. The Hall–Kier alpha value is -2.70. The number of hydrogen-bond acceptors (Lipinski definition) is 4. The fraction of sp³-hybridized carbons (Fsp3) is 0.478. The van der Waals surface area contributed by atoms with E-state index in [1.165, 1.54) is 12.1 Å². The van der Waals surface area contributed by atoms with Crippen LogP contribution in [-0.4, -0.2) is 26.8 Å². The van der Waals surface area contributed by atoms with E-state index in [2.05, 4.69) is 28.2 Å². The van der Waals surface area contributed by atoms with Crippen molar-refractivity contribution in [2.45, 2.75) is 63.9 Å². The number of aromatic nitrogens is 1. The van der Waals surface area contributed by atoms with Crippen LogP contribution in [0.15, 0.2) is 33.7 Å². The summed E-state index contributed by atoms with van der Waals surface area (Å²) in [6.07, 6.45) is 3.89. The standard InChI is InChI=1S/C23H30FN5O2S/c1-14(2)10-18-6-8-19-21(32(31,28-18)27-15(3)4)13-29(5)22(19)23(30)26-17-7-9-20(24)16(11-17)12-25/h7,9,11,13-15,18H,6,8,10H2,1-5H3,(H,26,30)(H,27,28,31)/t18-,32?/m1/s1. The molecule has 1 aliphatic rings. The summed E-state index contributed by atoms with van der Waals surface area (Å²) >= 11 is 0. The number of hydrogen-bond donors (Lipinski definition) is 2. The summed E-state index contributed by atoms with van der Waals surface area (Å²) in [6.45, 7) is 8.01. The summed E-state index contributed by atoms with van der Waals surface area (Å²) in [6, 6.07) is 5.50. The predicted octanol–water partition coefficient (Wildman–Crippen LogP) is 4.39. The second-order valence-electron chi connectivity index (χ2n) is 8.90. The Morgan fingerprint density at radius 2 is 2.12 bits per heavy atom. The van der Waals surface area contributed by atoms with Gasteiger partial charge in [0.1, 0.15) is 27.5 Å². The molecule has 2 N–H and O–H groups in total. The summed E-state index contributed by atoms with van der Waals surface area (Å²) in [4.78, 5) is 13.7. The topological polar surface area (TPSA) is 99.3 Å². The van der Waals surface area contributed by atoms with Crippen LogP contribution >= 0.6 is 0 Å². The molecule has 0 fully saturated rings. The number of benzene rings is 1. The molecule has 3 rings (SSSR count). The van der Waals surface area contributed by atoms with Gasteiger partial charge in [0, 0.05) is 30.5 Å². The molecule has 0 saturated heterocycles. The van der Waals surface area contributed by atoms with Gasteiger partial charge >= 0.3 is 0 Å². The van der Waals surface area contributed by atoms with Crippen LogP contribution in [0.4, 0.5) is 10.1 Å². The summed E-state index contributed by atoms with van der Waals surface area (Å²) in [5.41, 5.74) is 1.27. The predicted molar refractivity (Wildman–Crippen MR) is 123 cm³/mol. The van der Waals surface area contributed by atoms with E-state index in [4.69, 9.17) is 5.26 Å². The zero-order valence-corrected chi connectivity index (χ0v) is 19.9. The minimum absolute atomic E-state index is 0.0221. The van der Waals surface area contributed by atoms with Gasteiger partial charge in [0.15, 0.2) is 0 Å². The maximum absolute atomic E-state index is 14.0. The lowest BCUT2D eigenvalue weighted by Crippen LogP contribution is -2.35. The quantitative estimate of drug-likeness (QED) is 0.694. The Balaban J connectivity index is 2.04. The Morgan fingerprint density at radius 3 is 2.75 bits per heavy atom. The van der Waals surface area contributed by atoms with Crippen LogP contribution in [0.3, 0.4) is 0 Å². The zero-order chi connectivity index (χ0) is 23.6. The van der Waals surface area contributed by atoms with Crippen LogP contribution in [0.2, 0.25) is 0 Å². The lowest BCUT2D eigenvalue weighted by Gasteiger charge is -2.20. The molecule has 2 aromatic rings. The van der Waals surface area contributed by atoms with Gasteiger partial charge in [-0.1, -0.05) is 13.8 Å². The first-order valence-corrected chi connectivity index (χ1v) is 12.3. The third-order valence-corrected chi connectivity index (χ3v) is 7.61. The molecule has 0 radical (unpaired) electrons. The highest BCUT2D eigenvalue weighted by Crippen LogP contribution is 2.31. The average molecular weight is 460 g/mol. The van der Waals surface area contributed by atoms with Crippen molar-refractivity contribution < 1.29 is 13.4 Å². The fourth-order valence-electron chi connectivity index (χ4n) is 4.09. The second-order valence-corrected chi connectivity index (χ2v) is 10.8. The van der Waals surface area contributed by atoms with Crippen molar-refractivity contribution in [2.24, 2.45) is 17.3 Å². The first-order chi connectivity index (χ1) is 15.0. The van der Waals surface area contributed by atoms with E-state index < -0.39 is 21.6 Å².